The van der Waals surface area contributed by atoms with Gasteiger partial charge in [0.25, 0.3) is 0 Å². The fourth-order valence-corrected chi connectivity index (χ4v) is 4.14. The molecule has 2 N–H and O–H groups in total. The van der Waals surface area contributed by atoms with Crippen LogP contribution >= 0.6 is 0 Å². The molecule has 2 aromatic rings. The van der Waals surface area contributed by atoms with E-state index in [1.54, 1.807) is 38.5 Å². The number of methoxy groups -OCH3 is 2. The van der Waals surface area contributed by atoms with E-state index in [0.29, 0.717) is 43.9 Å². The van der Waals surface area contributed by atoms with E-state index in [1.165, 1.54) is 0 Å². The summed E-state index contributed by atoms with van der Waals surface area (Å²) in [6.45, 7) is 4.82. The van der Waals surface area contributed by atoms with E-state index in [9.17, 15) is 13.2 Å². The Bertz CT molecular complexity index is 956. The van der Waals surface area contributed by atoms with Gasteiger partial charge < -0.3 is 14.8 Å². The van der Waals surface area contributed by atoms with Crippen LogP contribution in [0.25, 0.3) is 0 Å². The molecule has 1 amide bonds. The maximum atomic E-state index is 12.2. The maximum Gasteiger partial charge on any atom is 0.240 e. The highest BCUT2D eigenvalue weighted by Gasteiger charge is 2.14. The molecule has 0 spiro atoms. The van der Waals surface area contributed by atoms with Crippen molar-refractivity contribution in [2.45, 2.75) is 38.0 Å². The Labute approximate surface area is 185 Å². The van der Waals surface area contributed by atoms with Crippen LogP contribution < -0.4 is 19.5 Å². The summed E-state index contributed by atoms with van der Waals surface area (Å²) in [6.07, 6.45) is 1.56. The highest BCUT2D eigenvalue weighted by molar-refractivity contribution is 7.89. The van der Waals surface area contributed by atoms with E-state index in [1.807, 2.05) is 32.0 Å². The van der Waals surface area contributed by atoms with Crippen LogP contribution in [0.2, 0.25) is 0 Å². The highest BCUT2D eigenvalue weighted by Crippen LogP contribution is 2.27. The normalized spacial score (nSPS) is 11.4. The molecular formula is C23H32N2O5S. The Hall–Kier alpha value is -2.58. The van der Waals surface area contributed by atoms with Gasteiger partial charge in [-0.2, -0.15) is 0 Å². The zero-order valence-electron chi connectivity index (χ0n) is 18.6. The number of nitrogens with one attached hydrogen (secondary N) is 2. The molecule has 2 aromatic carbocycles. The fraction of sp³-hybridized carbons (Fsp3) is 0.435. The molecule has 31 heavy (non-hydrogen) atoms. The predicted octanol–water partition coefficient (Wildman–Crippen LogP) is 2.93. The van der Waals surface area contributed by atoms with Crippen molar-refractivity contribution in [3.05, 3.63) is 53.6 Å². The summed E-state index contributed by atoms with van der Waals surface area (Å²) in [4.78, 5) is 12.4. The third kappa shape index (κ3) is 7.88. The van der Waals surface area contributed by atoms with Crippen LogP contribution in [0.3, 0.4) is 0 Å². The topological polar surface area (TPSA) is 93.7 Å². The summed E-state index contributed by atoms with van der Waals surface area (Å²) in [6, 6.07) is 12.3. The molecule has 0 aliphatic heterocycles. The molecule has 0 aliphatic rings. The van der Waals surface area contributed by atoms with Crippen LogP contribution in [0, 0.1) is 5.92 Å². The van der Waals surface area contributed by atoms with Crippen LogP contribution in [0.15, 0.2) is 47.4 Å². The number of hydrogen-bond donors (Lipinski definition) is 2. The Morgan fingerprint density at radius 2 is 1.58 bits per heavy atom. The molecule has 0 radical (unpaired) electrons. The van der Waals surface area contributed by atoms with Gasteiger partial charge in [-0.15, -0.1) is 0 Å². The number of aryl methyl sites for hydroxylation is 1. The van der Waals surface area contributed by atoms with Gasteiger partial charge in [0.15, 0.2) is 11.5 Å². The van der Waals surface area contributed by atoms with Gasteiger partial charge >= 0.3 is 0 Å². The Kier molecular flexibility index (Phi) is 9.33. The van der Waals surface area contributed by atoms with E-state index in [-0.39, 0.29) is 16.7 Å². The first-order valence-electron chi connectivity index (χ1n) is 10.3. The molecule has 0 unspecified atom stereocenters. The first-order valence-corrected chi connectivity index (χ1v) is 11.8. The zero-order valence-corrected chi connectivity index (χ0v) is 19.4. The monoisotopic (exact) mass is 448 g/mol. The summed E-state index contributed by atoms with van der Waals surface area (Å²) in [5.74, 6) is 1.52. The van der Waals surface area contributed by atoms with Crippen LogP contribution in [0.5, 0.6) is 11.5 Å². The average Bonchev–Trinajstić information content (AvgIpc) is 2.76. The minimum Gasteiger partial charge on any atom is -0.493 e. The summed E-state index contributed by atoms with van der Waals surface area (Å²) < 4.78 is 37.6. The van der Waals surface area contributed by atoms with E-state index in [0.717, 1.165) is 11.1 Å². The van der Waals surface area contributed by atoms with E-state index in [4.69, 9.17) is 9.47 Å². The quantitative estimate of drug-likeness (QED) is 0.521. The highest BCUT2D eigenvalue weighted by atomic mass is 32.2. The van der Waals surface area contributed by atoms with Gasteiger partial charge in [-0.3, -0.25) is 4.79 Å². The summed E-state index contributed by atoms with van der Waals surface area (Å²) in [5.41, 5.74) is 1.96. The van der Waals surface area contributed by atoms with Crippen molar-refractivity contribution in [1.29, 1.82) is 0 Å². The third-order valence-corrected chi connectivity index (χ3v) is 6.18. The number of sulfonamides is 1. The van der Waals surface area contributed by atoms with Crippen molar-refractivity contribution < 1.29 is 22.7 Å². The molecule has 170 valence electrons. The molecule has 0 heterocycles. The first kappa shape index (κ1) is 24.7. The second-order valence-corrected chi connectivity index (χ2v) is 9.45. The van der Waals surface area contributed by atoms with Crippen molar-refractivity contribution in [1.82, 2.24) is 10.0 Å². The largest absolute Gasteiger partial charge is 0.493 e. The minimum atomic E-state index is -3.50. The lowest BCUT2D eigenvalue weighted by atomic mass is 10.1. The van der Waals surface area contributed by atoms with Gasteiger partial charge in [-0.1, -0.05) is 32.0 Å². The minimum absolute atomic E-state index is 0.0456. The molecule has 0 saturated carbocycles. The number of rotatable bonds is 12. The van der Waals surface area contributed by atoms with Crippen LogP contribution in [-0.4, -0.2) is 41.6 Å². The van der Waals surface area contributed by atoms with Gasteiger partial charge in [-0.05, 0) is 54.2 Å². The summed E-state index contributed by atoms with van der Waals surface area (Å²) >= 11 is 0. The fourth-order valence-electron chi connectivity index (χ4n) is 2.92. The van der Waals surface area contributed by atoms with Gasteiger partial charge in [0.1, 0.15) is 0 Å². The number of amides is 1. The number of carbonyl (C=O) groups excluding carboxylic acids is 1. The Morgan fingerprint density at radius 3 is 2.19 bits per heavy atom. The standard InChI is InChI=1S/C23H32N2O5S/c1-17(2)16-25-31(27,28)20-9-5-18(6-10-20)8-12-23(26)24-14-13-19-7-11-21(29-3)22(15-19)30-4/h5-7,9-11,15,17,25H,8,12-14,16H2,1-4H3,(H,24,26). The summed E-state index contributed by atoms with van der Waals surface area (Å²) in [7, 11) is -0.315. The SMILES string of the molecule is COc1ccc(CCNC(=O)CCc2ccc(S(=O)(=O)NCC(C)C)cc2)cc1OC. The predicted molar refractivity (Wildman–Crippen MR) is 121 cm³/mol. The van der Waals surface area contributed by atoms with E-state index >= 15 is 0 Å². The molecule has 0 aliphatic carbocycles. The van der Waals surface area contributed by atoms with Gasteiger partial charge in [0, 0.05) is 19.5 Å². The van der Waals surface area contributed by atoms with E-state index in [2.05, 4.69) is 10.0 Å². The number of carbonyl (C=O) groups is 1. The second kappa shape index (κ2) is 11.7. The average molecular weight is 449 g/mol. The number of ether oxygens (including phenoxy) is 2. The molecule has 0 aromatic heterocycles. The molecule has 0 bridgehead atoms. The van der Waals surface area contributed by atoms with Crippen molar-refractivity contribution in [3.63, 3.8) is 0 Å². The van der Waals surface area contributed by atoms with Gasteiger partial charge in [0.05, 0.1) is 19.1 Å². The van der Waals surface area contributed by atoms with Crippen LogP contribution in [-0.2, 0) is 27.7 Å². The Morgan fingerprint density at radius 1 is 0.935 bits per heavy atom. The molecule has 0 saturated heterocycles. The lowest BCUT2D eigenvalue weighted by Gasteiger charge is -2.10. The summed E-state index contributed by atoms with van der Waals surface area (Å²) in [5, 5.41) is 2.91. The van der Waals surface area contributed by atoms with E-state index < -0.39 is 10.0 Å². The maximum absolute atomic E-state index is 12.2. The molecular weight excluding hydrogens is 416 g/mol. The lowest BCUT2D eigenvalue weighted by Crippen LogP contribution is -2.27. The molecule has 0 fully saturated rings. The van der Waals surface area contributed by atoms with Gasteiger partial charge in [0.2, 0.25) is 15.9 Å². The lowest BCUT2D eigenvalue weighted by molar-refractivity contribution is -0.121. The van der Waals surface area contributed by atoms with Crippen molar-refractivity contribution in [2.24, 2.45) is 5.92 Å². The molecule has 0 atom stereocenters. The zero-order chi connectivity index (χ0) is 22.9. The molecule has 7 nitrogen and oxygen atoms in total. The first-order chi connectivity index (χ1) is 14.7. The second-order valence-electron chi connectivity index (χ2n) is 7.68. The molecule has 8 heteroatoms. The number of benzene rings is 2. The van der Waals surface area contributed by atoms with Crippen molar-refractivity contribution >= 4 is 15.9 Å². The Balaban J connectivity index is 1.78. The van der Waals surface area contributed by atoms with Crippen LogP contribution in [0.4, 0.5) is 0 Å². The van der Waals surface area contributed by atoms with Crippen LogP contribution in [0.1, 0.15) is 31.4 Å². The third-order valence-electron chi connectivity index (χ3n) is 4.74. The van der Waals surface area contributed by atoms with Gasteiger partial charge in [-0.25, -0.2) is 13.1 Å². The smallest absolute Gasteiger partial charge is 0.240 e. The van der Waals surface area contributed by atoms with Crippen molar-refractivity contribution in [3.8, 4) is 11.5 Å². The number of hydrogen-bond acceptors (Lipinski definition) is 5. The molecule has 2 rings (SSSR count). The van der Waals surface area contributed by atoms with Crippen molar-refractivity contribution in [2.75, 3.05) is 27.3 Å².